The van der Waals surface area contributed by atoms with E-state index in [1.54, 1.807) is 36.4 Å². The number of benzene rings is 2. The monoisotopic (exact) mass is 429 g/mol. The number of nitrogens with zero attached hydrogens (tertiary/aromatic N) is 1. The molecule has 4 N–H and O–H groups in total. The van der Waals surface area contributed by atoms with E-state index in [1.165, 1.54) is 13.2 Å². The highest BCUT2D eigenvalue weighted by atomic mass is 16.5. The number of amides is 2. The Morgan fingerprint density at radius 1 is 1.19 bits per heavy atom. The summed E-state index contributed by atoms with van der Waals surface area (Å²) in [6.45, 7) is 2.82. The molecule has 31 heavy (non-hydrogen) atoms. The van der Waals surface area contributed by atoms with Crippen molar-refractivity contribution in [3.63, 3.8) is 0 Å². The van der Waals surface area contributed by atoms with E-state index >= 15 is 0 Å². The molecule has 9 nitrogen and oxygen atoms in total. The van der Waals surface area contributed by atoms with Crippen molar-refractivity contribution in [2.24, 2.45) is 0 Å². The van der Waals surface area contributed by atoms with Gasteiger partial charge in [-0.3, -0.25) is 14.5 Å². The number of phenols is 1. The molecule has 0 unspecified atom stereocenters. The maximum Gasteiger partial charge on any atom is 0.252 e. The summed E-state index contributed by atoms with van der Waals surface area (Å²) in [4.78, 5) is 27.4. The van der Waals surface area contributed by atoms with Crippen molar-refractivity contribution in [1.82, 2.24) is 10.2 Å². The lowest BCUT2D eigenvalue weighted by Crippen LogP contribution is -2.46. The highest BCUT2D eigenvalue weighted by molar-refractivity contribution is 6.01. The third-order valence-electron chi connectivity index (χ3n) is 4.89. The molecule has 0 aliphatic carbocycles. The van der Waals surface area contributed by atoms with E-state index in [-0.39, 0.29) is 11.3 Å². The molecule has 3 rings (SSSR count). The molecular formula is C22H27N3O6. The van der Waals surface area contributed by atoms with Crippen LogP contribution in [0, 0.1) is 0 Å². The lowest BCUT2D eigenvalue weighted by Gasteiger charge is -2.26. The molecule has 2 aromatic rings. The summed E-state index contributed by atoms with van der Waals surface area (Å²) in [6.07, 6.45) is 0. The molecule has 0 radical (unpaired) electrons. The average Bonchev–Trinajstić information content (AvgIpc) is 2.77. The fraction of sp³-hybridized carbons (Fsp3) is 0.364. The van der Waals surface area contributed by atoms with Gasteiger partial charge in [-0.1, -0.05) is 6.07 Å². The van der Waals surface area contributed by atoms with Gasteiger partial charge in [0.15, 0.2) is 0 Å². The standard InChI is InChI=1S/C22H27N3O6/c1-30-19-4-2-3-17(12-19)23-22(29)20(14-26)24-21(28)16-9-15(10-18(27)11-16)13-25-5-7-31-8-6-25/h2-4,9-12,20,26-27H,5-8,13-14H2,1H3,(H,23,29)(H,24,28)/t20-/m0/s1. The van der Waals surface area contributed by atoms with E-state index in [0.717, 1.165) is 18.7 Å². The zero-order valence-corrected chi connectivity index (χ0v) is 17.3. The summed E-state index contributed by atoms with van der Waals surface area (Å²) in [5, 5.41) is 24.8. The number of ether oxygens (including phenoxy) is 2. The van der Waals surface area contributed by atoms with Crippen molar-refractivity contribution in [2.75, 3.05) is 45.3 Å². The molecule has 1 heterocycles. The fourth-order valence-electron chi connectivity index (χ4n) is 3.28. The highest BCUT2D eigenvalue weighted by Gasteiger charge is 2.22. The molecule has 0 aromatic heterocycles. The normalized spacial score (nSPS) is 15.2. The number of aliphatic hydroxyl groups excluding tert-OH is 1. The van der Waals surface area contributed by atoms with Crippen LogP contribution in [-0.2, 0) is 16.1 Å². The second-order valence-electron chi connectivity index (χ2n) is 7.21. The maximum atomic E-state index is 12.7. The van der Waals surface area contributed by atoms with E-state index < -0.39 is 24.5 Å². The minimum atomic E-state index is -1.16. The van der Waals surface area contributed by atoms with Crippen molar-refractivity contribution in [3.05, 3.63) is 53.6 Å². The van der Waals surface area contributed by atoms with Gasteiger partial charge in [0.05, 0.1) is 26.9 Å². The number of carbonyl (C=O) groups excluding carboxylic acids is 2. The Balaban J connectivity index is 1.65. The largest absolute Gasteiger partial charge is 0.508 e. The molecular weight excluding hydrogens is 402 g/mol. The van der Waals surface area contributed by atoms with Gasteiger partial charge in [0.2, 0.25) is 5.91 Å². The third-order valence-corrected chi connectivity index (χ3v) is 4.89. The molecule has 1 atom stereocenters. The molecule has 1 aliphatic heterocycles. The number of aromatic hydroxyl groups is 1. The van der Waals surface area contributed by atoms with E-state index in [0.29, 0.717) is 31.2 Å². The number of phenolic OH excluding ortho intramolecular Hbond substituents is 1. The molecule has 1 fully saturated rings. The van der Waals surface area contributed by atoms with Gasteiger partial charge < -0.3 is 30.3 Å². The molecule has 0 spiro atoms. The van der Waals surface area contributed by atoms with Gasteiger partial charge in [-0.25, -0.2) is 0 Å². The van der Waals surface area contributed by atoms with Crippen molar-refractivity contribution < 1.29 is 29.3 Å². The number of hydrogen-bond acceptors (Lipinski definition) is 7. The van der Waals surface area contributed by atoms with Crippen LogP contribution in [0.2, 0.25) is 0 Å². The SMILES string of the molecule is COc1cccc(NC(=O)[C@H](CO)NC(=O)c2cc(O)cc(CN3CCOCC3)c2)c1. The predicted molar refractivity (Wildman–Crippen MR) is 114 cm³/mol. The summed E-state index contributed by atoms with van der Waals surface area (Å²) >= 11 is 0. The molecule has 2 amide bonds. The van der Waals surface area contributed by atoms with Gasteiger partial charge in [-0.2, -0.15) is 0 Å². The predicted octanol–water partition coefficient (Wildman–Crippen LogP) is 0.962. The Kier molecular flexibility index (Phi) is 7.82. The van der Waals surface area contributed by atoms with Crippen LogP contribution in [0.1, 0.15) is 15.9 Å². The minimum Gasteiger partial charge on any atom is -0.508 e. The molecule has 1 aliphatic rings. The van der Waals surface area contributed by atoms with Crippen LogP contribution >= 0.6 is 0 Å². The quantitative estimate of drug-likeness (QED) is 0.493. The summed E-state index contributed by atoms with van der Waals surface area (Å²) in [6, 6.07) is 10.2. The topological polar surface area (TPSA) is 120 Å². The smallest absolute Gasteiger partial charge is 0.252 e. The first-order chi connectivity index (χ1) is 15.0. The molecule has 2 aromatic carbocycles. The molecule has 1 saturated heterocycles. The fourth-order valence-corrected chi connectivity index (χ4v) is 3.28. The summed E-state index contributed by atoms with van der Waals surface area (Å²) in [5.41, 5.74) is 1.45. The van der Waals surface area contributed by atoms with Crippen LogP contribution < -0.4 is 15.4 Å². The van der Waals surface area contributed by atoms with Gasteiger partial charge in [-0.05, 0) is 35.9 Å². The number of aliphatic hydroxyl groups is 1. The van der Waals surface area contributed by atoms with Crippen LogP contribution in [0.15, 0.2) is 42.5 Å². The summed E-state index contributed by atoms with van der Waals surface area (Å²) in [7, 11) is 1.51. The molecule has 0 saturated carbocycles. The van der Waals surface area contributed by atoms with Crippen LogP contribution in [-0.4, -0.2) is 73.0 Å². The minimum absolute atomic E-state index is 0.0442. The van der Waals surface area contributed by atoms with Crippen LogP contribution in [0.4, 0.5) is 5.69 Å². The summed E-state index contributed by atoms with van der Waals surface area (Å²) in [5.74, 6) is -0.621. The lowest BCUT2D eigenvalue weighted by atomic mass is 10.1. The third kappa shape index (κ3) is 6.42. The van der Waals surface area contributed by atoms with Crippen LogP contribution in [0.5, 0.6) is 11.5 Å². The Morgan fingerprint density at radius 2 is 1.97 bits per heavy atom. The first kappa shape index (κ1) is 22.5. The number of anilines is 1. The van der Waals surface area contributed by atoms with Gasteiger partial charge >= 0.3 is 0 Å². The van der Waals surface area contributed by atoms with Gasteiger partial charge in [0.1, 0.15) is 17.5 Å². The first-order valence-corrected chi connectivity index (χ1v) is 9.98. The lowest BCUT2D eigenvalue weighted by molar-refractivity contribution is -0.118. The van der Waals surface area contributed by atoms with Gasteiger partial charge in [0, 0.05) is 37.0 Å². The van der Waals surface area contributed by atoms with Crippen LogP contribution in [0.25, 0.3) is 0 Å². The average molecular weight is 429 g/mol. The molecule has 0 bridgehead atoms. The first-order valence-electron chi connectivity index (χ1n) is 9.98. The maximum absolute atomic E-state index is 12.7. The Bertz CT molecular complexity index is 914. The second-order valence-corrected chi connectivity index (χ2v) is 7.21. The van der Waals surface area contributed by atoms with Gasteiger partial charge in [-0.15, -0.1) is 0 Å². The number of carbonyl (C=O) groups is 2. The number of morpholine rings is 1. The molecule has 166 valence electrons. The Morgan fingerprint density at radius 3 is 2.68 bits per heavy atom. The number of methoxy groups -OCH3 is 1. The molecule has 9 heteroatoms. The summed E-state index contributed by atoms with van der Waals surface area (Å²) < 4.78 is 10.5. The van der Waals surface area contributed by atoms with Crippen LogP contribution in [0.3, 0.4) is 0 Å². The van der Waals surface area contributed by atoms with E-state index in [9.17, 15) is 19.8 Å². The van der Waals surface area contributed by atoms with Gasteiger partial charge in [0.25, 0.3) is 5.91 Å². The van der Waals surface area contributed by atoms with Crippen molar-refractivity contribution >= 4 is 17.5 Å². The van der Waals surface area contributed by atoms with Crippen molar-refractivity contribution in [1.29, 1.82) is 0 Å². The highest BCUT2D eigenvalue weighted by Crippen LogP contribution is 2.19. The number of hydrogen-bond donors (Lipinski definition) is 4. The van der Waals surface area contributed by atoms with E-state index in [1.807, 2.05) is 0 Å². The van der Waals surface area contributed by atoms with E-state index in [4.69, 9.17) is 9.47 Å². The second kappa shape index (κ2) is 10.8. The number of nitrogens with one attached hydrogen (secondary N) is 2. The Hall–Kier alpha value is -3.14. The zero-order valence-electron chi connectivity index (χ0n) is 17.3. The zero-order chi connectivity index (χ0) is 22.2. The van der Waals surface area contributed by atoms with E-state index in [2.05, 4.69) is 15.5 Å². The van der Waals surface area contributed by atoms with Crippen molar-refractivity contribution in [3.8, 4) is 11.5 Å². The van der Waals surface area contributed by atoms with Crippen molar-refractivity contribution in [2.45, 2.75) is 12.6 Å². The number of rotatable bonds is 8. The Labute approximate surface area is 180 Å².